The van der Waals surface area contributed by atoms with Crippen LogP contribution >= 0.6 is 0 Å². The van der Waals surface area contributed by atoms with E-state index >= 15 is 0 Å². The summed E-state index contributed by atoms with van der Waals surface area (Å²) in [5, 5.41) is 8.69. The predicted molar refractivity (Wildman–Crippen MR) is 121 cm³/mol. The lowest BCUT2D eigenvalue weighted by atomic mass is 10.0. The molecule has 0 aliphatic carbocycles. The van der Waals surface area contributed by atoms with E-state index in [9.17, 15) is 9.59 Å². The Labute approximate surface area is 180 Å². The van der Waals surface area contributed by atoms with Crippen LogP contribution in [0.25, 0.3) is 0 Å². The van der Waals surface area contributed by atoms with Gasteiger partial charge in [0.05, 0.1) is 0 Å². The molecule has 0 bridgehead atoms. The maximum atomic E-state index is 11.5. The smallest absolute Gasteiger partial charge is 0.344 e. The minimum Gasteiger partial charge on any atom is -0.479 e. The van der Waals surface area contributed by atoms with Crippen molar-refractivity contribution in [3.05, 3.63) is 0 Å². The number of hydrogen-bond donors (Lipinski definition) is 1. The third-order valence-electron chi connectivity index (χ3n) is 5.64. The van der Waals surface area contributed by atoms with Gasteiger partial charge in [0.15, 0.2) is 6.10 Å². The van der Waals surface area contributed by atoms with Crippen LogP contribution in [0.5, 0.6) is 0 Å². The summed E-state index contributed by atoms with van der Waals surface area (Å²) < 4.78 is 4.81. The van der Waals surface area contributed by atoms with E-state index in [1.54, 1.807) is 0 Å². The van der Waals surface area contributed by atoms with E-state index in [0.29, 0.717) is 6.42 Å². The van der Waals surface area contributed by atoms with Gasteiger partial charge in [-0.1, -0.05) is 122 Å². The number of aliphatic carboxylic acids is 1. The fourth-order valence-electron chi connectivity index (χ4n) is 3.65. The summed E-state index contributed by atoms with van der Waals surface area (Å²) in [5.74, 6) is -1.49. The van der Waals surface area contributed by atoms with Crippen molar-refractivity contribution < 1.29 is 19.4 Å². The molecule has 0 aliphatic rings. The average Bonchev–Trinajstić information content (AvgIpc) is 2.69. The summed E-state index contributed by atoms with van der Waals surface area (Å²) >= 11 is 0. The average molecular weight is 413 g/mol. The van der Waals surface area contributed by atoms with Gasteiger partial charge in [-0.25, -0.2) is 4.79 Å². The van der Waals surface area contributed by atoms with Gasteiger partial charge in [-0.05, 0) is 13.3 Å². The Morgan fingerprint density at radius 3 is 1.24 bits per heavy atom. The lowest BCUT2D eigenvalue weighted by molar-refractivity contribution is -0.162. The summed E-state index contributed by atoms with van der Waals surface area (Å²) in [6.07, 6.45) is 24.4. The zero-order chi connectivity index (χ0) is 21.6. The SMILES string of the molecule is CCCCCCCCCCCCCCCCCCCCCC(=O)OC(C)C(=O)O. The topological polar surface area (TPSA) is 63.6 Å². The van der Waals surface area contributed by atoms with Crippen molar-refractivity contribution in [3.63, 3.8) is 0 Å². The highest BCUT2D eigenvalue weighted by Crippen LogP contribution is 2.15. The summed E-state index contributed by atoms with van der Waals surface area (Å²) in [5.41, 5.74) is 0. The summed E-state index contributed by atoms with van der Waals surface area (Å²) in [6, 6.07) is 0. The maximum Gasteiger partial charge on any atom is 0.344 e. The molecule has 0 saturated carbocycles. The van der Waals surface area contributed by atoms with Gasteiger partial charge in [0.25, 0.3) is 0 Å². The monoisotopic (exact) mass is 412 g/mol. The third-order valence-corrected chi connectivity index (χ3v) is 5.64. The number of rotatable bonds is 22. The van der Waals surface area contributed by atoms with E-state index in [4.69, 9.17) is 9.84 Å². The number of hydrogen-bond acceptors (Lipinski definition) is 3. The van der Waals surface area contributed by atoms with E-state index < -0.39 is 18.0 Å². The fraction of sp³-hybridized carbons (Fsp3) is 0.920. The molecule has 0 fully saturated rings. The molecule has 0 heterocycles. The molecule has 4 heteroatoms. The van der Waals surface area contributed by atoms with E-state index in [1.165, 1.54) is 110 Å². The maximum absolute atomic E-state index is 11.5. The molecule has 172 valence electrons. The van der Waals surface area contributed by atoms with Gasteiger partial charge in [-0.3, -0.25) is 4.79 Å². The number of carboxylic acid groups (broad SMARTS) is 1. The van der Waals surface area contributed by atoms with Crippen LogP contribution in [0.1, 0.15) is 142 Å². The van der Waals surface area contributed by atoms with Crippen LogP contribution in [0.2, 0.25) is 0 Å². The van der Waals surface area contributed by atoms with Gasteiger partial charge < -0.3 is 9.84 Å². The number of carboxylic acids is 1. The van der Waals surface area contributed by atoms with Crippen LogP contribution in [-0.4, -0.2) is 23.1 Å². The van der Waals surface area contributed by atoms with Gasteiger partial charge in [-0.15, -0.1) is 0 Å². The second-order valence-electron chi connectivity index (χ2n) is 8.58. The molecule has 0 saturated heterocycles. The Hall–Kier alpha value is -1.06. The van der Waals surface area contributed by atoms with Crippen molar-refractivity contribution >= 4 is 11.9 Å². The molecule has 0 spiro atoms. The first kappa shape index (κ1) is 27.9. The summed E-state index contributed by atoms with van der Waals surface area (Å²) in [6.45, 7) is 3.66. The highest BCUT2D eigenvalue weighted by atomic mass is 16.6. The van der Waals surface area contributed by atoms with E-state index in [-0.39, 0.29) is 0 Å². The molecule has 0 aromatic rings. The molecule has 1 unspecified atom stereocenters. The Kier molecular flexibility index (Phi) is 20.9. The zero-order valence-electron chi connectivity index (χ0n) is 19.4. The van der Waals surface area contributed by atoms with E-state index in [1.807, 2.05) is 0 Å². The second-order valence-corrected chi connectivity index (χ2v) is 8.58. The standard InChI is InChI=1S/C25H48O4/c1-3-4-5-6-7-8-9-10-11-12-13-14-15-16-17-18-19-20-21-22-24(26)29-23(2)25(27)28/h23H,3-22H2,1-2H3,(H,27,28). The fourth-order valence-corrected chi connectivity index (χ4v) is 3.65. The van der Waals surface area contributed by atoms with Crippen LogP contribution in [-0.2, 0) is 14.3 Å². The van der Waals surface area contributed by atoms with Crippen molar-refractivity contribution in [2.24, 2.45) is 0 Å². The third kappa shape index (κ3) is 21.5. The number of ether oxygens (including phenoxy) is 1. The lowest BCUT2D eigenvalue weighted by Gasteiger charge is -2.08. The molecule has 0 amide bonds. The molecule has 0 aliphatic heterocycles. The zero-order valence-corrected chi connectivity index (χ0v) is 19.4. The second kappa shape index (κ2) is 21.6. The summed E-state index contributed by atoms with van der Waals surface area (Å²) in [4.78, 5) is 22.1. The number of carbonyl (C=O) groups excluding carboxylic acids is 1. The van der Waals surface area contributed by atoms with Crippen LogP contribution < -0.4 is 0 Å². The Bertz CT molecular complexity index is 381. The van der Waals surface area contributed by atoms with Crippen LogP contribution in [0.3, 0.4) is 0 Å². The molecule has 29 heavy (non-hydrogen) atoms. The normalized spacial score (nSPS) is 12.1. The van der Waals surface area contributed by atoms with Gasteiger partial charge in [0.2, 0.25) is 0 Å². The highest BCUT2D eigenvalue weighted by molar-refractivity contribution is 5.77. The molecule has 0 aromatic carbocycles. The first-order chi connectivity index (χ1) is 14.1. The molecular weight excluding hydrogens is 364 g/mol. The Morgan fingerprint density at radius 1 is 0.621 bits per heavy atom. The quantitative estimate of drug-likeness (QED) is 0.145. The number of carbonyl (C=O) groups is 2. The molecule has 0 radical (unpaired) electrons. The lowest BCUT2D eigenvalue weighted by Crippen LogP contribution is -2.23. The molecule has 1 atom stereocenters. The van der Waals surface area contributed by atoms with Crippen molar-refractivity contribution in [2.45, 2.75) is 148 Å². The Balaban J connectivity index is 3.15. The van der Waals surface area contributed by atoms with Gasteiger partial charge >= 0.3 is 11.9 Å². The van der Waals surface area contributed by atoms with Crippen molar-refractivity contribution in [1.82, 2.24) is 0 Å². The highest BCUT2D eigenvalue weighted by Gasteiger charge is 2.15. The van der Waals surface area contributed by atoms with Crippen LogP contribution in [0.4, 0.5) is 0 Å². The molecule has 4 nitrogen and oxygen atoms in total. The van der Waals surface area contributed by atoms with Gasteiger partial charge in [0, 0.05) is 6.42 Å². The summed E-state index contributed by atoms with van der Waals surface area (Å²) in [7, 11) is 0. The predicted octanol–water partition coefficient (Wildman–Crippen LogP) is 7.82. The van der Waals surface area contributed by atoms with Gasteiger partial charge in [-0.2, -0.15) is 0 Å². The first-order valence-corrected chi connectivity index (χ1v) is 12.5. The van der Waals surface area contributed by atoms with Crippen LogP contribution in [0.15, 0.2) is 0 Å². The minimum atomic E-state index is -1.09. The van der Waals surface area contributed by atoms with Gasteiger partial charge in [0.1, 0.15) is 0 Å². The van der Waals surface area contributed by atoms with Crippen molar-refractivity contribution in [2.75, 3.05) is 0 Å². The number of esters is 1. The molecular formula is C25H48O4. The largest absolute Gasteiger partial charge is 0.479 e. The van der Waals surface area contributed by atoms with E-state index in [0.717, 1.165) is 19.3 Å². The van der Waals surface area contributed by atoms with E-state index in [2.05, 4.69) is 6.92 Å². The molecule has 1 N–H and O–H groups in total. The van der Waals surface area contributed by atoms with Crippen molar-refractivity contribution in [3.8, 4) is 0 Å². The van der Waals surface area contributed by atoms with Crippen molar-refractivity contribution in [1.29, 1.82) is 0 Å². The molecule has 0 rings (SSSR count). The molecule has 0 aromatic heterocycles. The Morgan fingerprint density at radius 2 is 0.931 bits per heavy atom. The number of unbranched alkanes of at least 4 members (excludes halogenated alkanes) is 18. The first-order valence-electron chi connectivity index (χ1n) is 12.5. The minimum absolute atomic E-state index is 0.330. The van der Waals surface area contributed by atoms with Crippen LogP contribution in [0, 0.1) is 0 Å².